The Morgan fingerprint density at radius 3 is 2.45 bits per heavy atom. The summed E-state index contributed by atoms with van der Waals surface area (Å²) in [6, 6.07) is 12.8. The summed E-state index contributed by atoms with van der Waals surface area (Å²) in [6.07, 6.45) is 5.18. The maximum absolute atomic E-state index is 12.3. The zero-order valence-corrected chi connectivity index (χ0v) is 17.4. The maximum atomic E-state index is 12.3. The van der Waals surface area contributed by atoms with Crippen molar-refractivity contribution in [2.45, 2.75) is 12.8 Å². The second-order valence-corrected chi connectivity index (χ2v) is 7.64. The highest BCUT2D eigenvalue weighted by molar-refractivity contribution is 6.02. The molecule has 1 fully saturated rings. The Labute approximate surface area is 180 Å². The van der Waals surface area contributed by atoms with Crippen LogP contribution in [-0.2, 0) is 7.05 Å². The molecular weight excluding hydrogens is 394 g/mol. The molecule has 9 nitrogen and oxygen atoms in total. The fourth-order valence-corrected chi connectivity index (χ4v) is 3.58. The topological polar surface area (TPSA) is 105 Å². The molecule has 2 aromatic heterocycles. The molecule has 0 aliphatic carbocycles. The highest BCUT2D eigenvalue weighted by atomic mass is 16.2. The monoisotopic (exact) mass is 419 g/mol. The van der Waals surface area contributed by atoms with Crippen LogP contribution in [0.4, 0.5) is 11.5 Å². The van der Waals surface area contributed by atoms with Crippen LogP contribution in [-0.4, -0.2) is 51.4 Å². The van der Waals surface area contributed by atoms with E-state index in [4.69, 9.17) is 0 Å². The highest BCUT2D eigenvalue weighted by Crippen LogP contribution is 2.21. The van der Waals surface area contributed by atoms with Crippen LogP contribution >= 0.6 is 0 Å². The number of nitrogens with one attached hydrogen (secondary N) is 2. The Kier molecular flexibility index (Phi) is 6.21. The number of aromatic nitrogens is 4. The molecule has 1 saturated heterocycles. The molecule has 31 heavy (non-hydrogen) atoms. The van der Waals surface area contributed by atoms with Crippen LogP contribution < -0.4 is 15.5 Å². The van der Waals surface area contributed by atoms with Gasteiger partial charge in [0.15, 0.2) is 11.5 Å². The first kappa shape index (κ1) is 20.5. The molecule has 0 unspecified atom stereocenters. The van der Waals surface area contributed by atoms with Crippen molar-refractivity contribution in [2.24, 2.45) is 13.0 Å². The average molecular weight is 419 g/mol. The molecule has 9 heteroatoms. The van der Waals surface area contributed by atoms with Crippen LogP contribution in [0.1, 0.15) is 33.7 Å². The van der Waals surface area contributed by atoms with E-state index in [2.05, 4.69) is 30.8 Å². The van der Waals surface area contributed by atoms with Crippen molar-refractivity contribution in [3.63, 3.8) is 0 Å². The summed E-state index contributed by atoms with van der Waals surface area (Å²) < 4.78 is 1.62. The summed E-state index contributed by atoms with van der Waals surface area (Å²) in [7, 11) is 1.79. The molecular formula is C22H25N7O2. The van der Waals surface area contributed by atoms with Gasteiger partial charge in [-0.2, -0.15) is 5.10 Å². The van der Waals surface area contributed by atoms with Gasteiger partial charge in [0.2, 0.25) is 0 Å². The van der Waals surface area contributed by atoms with E-state index in [0.717, 1.165) is 37.4 Å². The molecule has 160 valence electrons. The second-order valence-electron chi connectivity index (χ2n) is 7.64. The summed E-state index contributed by atoms with van der Waals surface area (Å²) >= 11 is 0. The van der Waals surface area contributed by atoms with Gasteiger partial charge < -0.3 is 15.5 Å². The molecule has 0 spiro atoms. The number of aryl methyl sites for hydroxylation is 1. The number of hydrogen-bond acceptors (Lipinski definition) is 6. The molecule has 0 saturated carbocycles. The quantitative estimate of drug-likeness (QED) is 0.634. The lowest BCUT2D eigenvalue weighted by molar-refractivity contribution is 0.0944. The summed E-state index contributed by atoms with van der Waals surface area (Å²) in [5, 5.41) is 18.2. The van der Waals surface area contributed by atoms with E-state index in [1.54, 1.807) is 30.2 Å². The molecule has 0 atom stereocenters. The van der Waals surface area contributed by atoms with Crippen molar-refractivity contribution < 1.29 is 9.59 Å². The van der Waals surface area contributed by atoms with Crippen molar-refractivity contribution in [1.29, 1.82) is 0 Å². The molecule has 1 aliphatic heterocycles. The summed E-state index contributed by atoms with van der Waals surface area (Å²) in [5.74, 6) is 0.800. The zero-order chi connectivity index (χ0) is 21.6. The summed E-state index contributed by atoms with van der Waals surface area (Å²) in [5.41, 5.74) is 1.57. The number of amides is 2. The lowest BCUT2D eigenvalue weighted by Crippen LogP contribution is -2.39. The van der Waals surface area contributed by atoms with Gasteiger partial charge >= 0.3 is 0 Å². The van der Waals surface area contributed by atoms with Gasteiger partial charge in [0.25, 0.3) is 11.8 Å². The molecule has 2 amide bonds. The number of rotatable bonds is 6. The Bertz CT molecular complexity index is 1030. The molecule has 1 aromatic carbocycles. The van der Waals surface area contributed by atoms with Crippen LogP contribution in [0.2, 0.25) is 0 Å². The molecule has 3 aromatic rings. The molecule has 0 radical (unpaired) electrons. The first-order valence-electron chi connectivity index (χ1n) is 10.3. The first-order chi connectivity index (χ1) is 15.1. The Morgan fingerprint density at radius 2 is 1.81 bits per heavy atom. The van der Waals surface area contributed by atoms with E-state index in [9.17, 15) is 9.59 Å². The van der Waals surface area contributed by atoms with Crippen LogP contribution in [0.25, 0.3) is 0 Å². The van der Waals surface area contributed by atoms with Crippen molar-refractivity contribution in [3.05, 3.63) is 66.1 Å². The SMILES string of the molecule is Cn1cc(C(=O)NCC2CCN(c3ccc(C(=O)Nc4ccccc4)nn3)CC2)cn1. The first-order valence-corrected chi connectivity index (χ1v) is 10.3. The number of benzene rings is 1. The molecule has 1 aliphatic rings. The highest BCUT2D eigenvalue weighted by Gasteiger charge is 2.22. The Morgan fingerprint density at radius 1 is 1.03 bits per heavy atom. The lowest BCUT2D eigenvalue weighted by atomic mass is 9.96. The van der Waals surface area contributed by atoms with Gasteiger partial charge in [-0.05, 0) is 43.0 Å². The van der Waals surface area contributed by atoms with Crippen molar-refractivity contribution in [2.75, 3.05) is 29.9 Å². The second kappa shape index (κ2) is 9.38. The summed E-state index contributed by atoms with van der Waals surface area (Å²) in [4.78, 5) is 26.6. The minimum atomic E-state index is -0.284. The van der Waals surface area contributed by atoms with Crippen LogP contribution in [0, 0.1) is 5.92 Å². The van der Waals surface area contributed by atoms with E-state index >= 15 is 0 Å². The third-order valence-electron chi connectivity index (χ3n) is 5.37. The number of piperidine rings is 1. The average Bonchev–Trinajstić information content (AvgIpc) is 3.25. The predicted molar refractivity (Wildman–Crippen MR) is 117 cm³/mol. The van der Waals surface area contributed by atoms with Crippen molar-refractivity contribution in [3.8, 4) is 0 Å². The zero-order valence-electron chi connectivity index (χ0n) is 17.4. The standard InChI is InChI=1S/C22H25N7O2/c1-28-15-17(14-24-28)21(30)23-13-16-9-11-29(12-10-16)20-8-7-19(26-27-20)22(31)25-18-5-3-2-4-6-18/h2-8,14-16H,9-13H2,1H3,(H,23,30)(H,25,31). The van der Waals surface area contributed by atoms with E-state index in [1.165, 1.54) is 0 Å². The number of carbonyl (C=O) groups excluding carboxylic acids is 2. The van der Waals surface area contributed by atoms with Gasteiger partial charge in [-0.1, -0.05) is 18.2 Å². The van der Waals surface area contributed by atoms with Gasteiger partial charge in [-0.25, -0.2) is 0 Å². The van der Waals surface area contributed by atoms with Crippen LogP contribution in [0.15, 0.2) is 54.9 Å². The third-order valence-corrected chi connectivity index (χ3v) is 5.37. The van der Waals surface area contributed by atoms with Gasteiger partial charge in [0.05, 0.1) is 11.8 Å². The molecule has 2 N–H and O–H groups in total. The largest absolute Gasteiger partial charge is 0.355 e. The number of para-hydroxylation sites is 1. The normalized spacial score (nSPS) is 14.3. The van der Waals surface area contributed by atoms with Crippen molar-refractivity contribution in [1.82, 2.24) is 25.3 Å². The molecule has 3 heterocycles. The maximum Gasteiger partial charge on any atom is 0.276 e. The fourth-order valence-electron chi connectivity index (χ4n) is 3.58. The predicted octanol–water partition coefficient (Wildman–Crippen LogP) is 2.11. The third kappa shape index (κ3) is 5.25. The van der Waals surface area contributed by atoms with E-state index < -0.39 is 0 Å². The number of nitrogens with zero attached hydrogens (tertiary/aromatic N) is 5. The Balaban J connectivity index is 1.25. The van der Waals surface area contributed by atoms with E-state index in [1.807, 2.05) is 36.4 Å². The van der Waals surface area contributed by atoms with Crippen molar-refractivity contribution >= 4 is 23.3 Å². The van der Waals surface area contributed by atoms with Gasteiger partial charge in [-0.3, -0.25) is 14.3 Å². The fraction of sp³-hybridized carbons (Fsp3) is 0.318. The van der Waals surface area contributed by atoms with Crippen LogP contribution in [0.5, 0.6) is 0 Å². The lowest BCUT2D eigenvalue weighted by Gasteiger charge is -2.32. The summed E-state index contributed by atoms with van der Waals surface area (Å²) in [6.45, 7) is 2.31. The molecule has 0 bridgehead atoms. The molecule has 4 rings (SSSR count). The smallest absolute Gasteiger partial charge is 0.276 e. The van der Waals surface area contributed by atoms with E-state index in [-0.39, 0.29) is 17.5 Å². The van der Waals surface area contributed by atoms with Crippen LogP contribution in [0.3, 0.4) is 0 Å². The minimum absolute atomic E-state index is 0.0919. The number of carbonyl (C=O) groups is 2. The van der Waals surface area contributed by atoms with Gasteiger partial charge in [0.1, 0.15) is 0 Å². The van der Waals surface area contributed by atoms with E-state index in [0.29, 0.717) is 18.0 Å². The number of anilines is 2. The Hall–Kier alpha value is -3.75. The minimum Gasteiger partial charge on any atom is -0.355 e. The number of hydrogen-bond donors (Lipinski definition) is 2. The van der Waals surface area contributed by atoms with Gasteiger partial charge in [-0.15, -0.1) is 10.2 Å². The van der Waals surface area contributed by atoms with Gasteiger partial charge in [0, 0.05) is 38.6 Å².